The summed E-state index contributed by atoms with van der Waals surface area (Å²) in [4.78, 5) is 2.02. The molecule has 0 atom stereocenters. The molecule has 40 heavy (non-hydrogen) atoms. The fraction of sp³-hybridized carbons (Fsp3) is 0.333. The monoisotopic (exact) mass is 592 g/mol. The van der Waals surface area contributed by atoms with Gasteiger partial charge in [-0.1, -0.05) is 155 Å². The molecule has 4 heteroatoms. The molecule has 0 aliphatic carbocycles. The Morgan fingerprint density at radius 3 is 1.35 bits per heavy atom. The molecular weight excluding hydrogens is 545 g/mol. The zero-order chi connectivity index (χ0) is 29.1. The van der Waals surface area contributed by atoms with E-state index in [9.17, 15) is 0 Å². The molecule has 0 saturated carbocycles. The minimum atomic E-state index is -1.98. The molecule has 0 N–H and O–H groups in total. The zero-order valence-electron chi connectivity index (χ0n) is 26.5. The highest BCUT2D eigenvalue weighted by Gasteiger charge is 2.64. The van der Waals surface area contributed by atoms with Crippen molar-refractivity contribution in [1.82, 2.24) is 0 Å². The van der Waals surface area contributed by atoms with Gasteiger partial charge in [0.2, 0.25) is 0 Å². The summed E-state index contributed by atoms with van der Waals surface area (Å²) in [6.07, 6.45) is 1.18. The van der Waals surface area contributed by atoms with Gasteiger partial charge in [0.15, 0.2) is 0 Å². The summed E-state index contributed by atoms with van der Waals surface area (Å²) in [7, 11) is -6.95. The summed E-state index contributed by atoms with van der Waals surface area (Å²) >= 11 is 0. The topological polar surface area (TPSA) is 0 Å². The van der Waals surface area contributed by atoms with E-state index in [1.807, 2.05) is 10.0 Å². The van der Waals surface area contributed by atoms with Gasteiger partial charge >= 0.3 is 0 Å². The van der Waals surface area contributed by atoms with Crippen LogP contribution >= 0.6 is 0 Å². The van der Waals surface area contributed by atoms with E-state index < -0.39 is 30.4 Å². The zero-order valence-corrected chi connectivity index (χ0v) is 30.5. The average molecular weight is 593 g/mol. The molecule has 4 aromatic rings. The Morgan fingerprint density at radius 2 is 0.950 bits per heavy atom. The van der Waals surface area contributed by atoms with E-state index in [1.54, 1.807) is 11.1 Å². The molecule has 1 aliphatic heterocycles. The van der Waals surface area contributed by atoms with Crippen LogP contribution in [0.2, 0.25) is 58.4 Å². The SMILES string of the molecule is CCC1=C(c2ccc3ccccc3c2)C(c2ccc3ccccc3c2)=C([Si](C)(C)CC)[Si]1([Si](C)(C)C)[Si](C)(C)C. The summed E-state index contributed by atoms with van der Waals surface area (Å²) < 4.78 is 0. The second-order valence-corrected chi connectivity index (χ2v) is 46.6. The van der Waals surface area contributed by atoms with Crippen molar-refractivity contribution >= 4 is 63.1 Å². The fourth-order valence-electron chi connectivity index (χ4n) is 8.34. The third-order valence-electron chi connectivity index (χ3n) is 9.87. The Balaban J connectivity index is 2.02. The van der Waals surface area contributed by atoms with Gasteiger partial charge in [-0.15, -0.1) is 0 Å². The summed E-state index contributed by atoms with van der Waals surface area (Å²) in [5, 5.41) is 7.28. The lowest BCUT2D eigenvalue weighted by Crippen LogP contribution is -2.76. The predicted octanol–water partition coefficient (Wildman–Crippen LogP) is 11.3. The van der Waals surface area contributed by atoms with Gasteiger partial charge in [0.1, 0.15) is 0 Å². The lowest BCUT2D eigenvalue weighted by molar-refractivity contribution is 1.19. The van der Waals surface area contributed by atoms with E-state index in [-0.39, 0.29) is 0 Å². The maximum absolute atomic E-state index is 2.74. The van der Waals surface area contributed by atoms with Crippen LogP contribution in [0.4, 0.5) is 0 Å². The predicted molar refractivity (Wildman–Crippen MR) is 192 cm³/mol. The lowest BCUT2D eigenvalue weighted by atomic mass is 9.90. The first-order chi connectivity index (χ1) is 18.8. The van der Waals surface area contributed by atoms with E-state index in [0.717, 1.165) is 0 Å². The number of allylic oxidation sites excluding steroid dienone is 3. The first-order valence-corrected chi connectivity index (χ1v) is 29.5. The van der Waals surface area contributed by atoms with Gasteiger partial charge in [-0.25, -0.2) is 0 Å². The molecule has 4 aromatic carbocycles. The van der Waals surface area contributed by atoms with Crippen molar-refractivity contribution in [3.8, 4) is 0 Å². The largest absolute Gasteiger partial charge is 0.0909 e. The van der Waals surface area contributed by atoms with Gasteiger partial charge in [0.05, 0.1) is 15.2 Å². The Labute approximate surface area is 246 Å². The van der Waals surface area contributed by atoms with Crippen molar-refractivity contribution in [2.45, 2.75) is 78.7 Å². The smallest absolute Gasteiger partial charge is 0.0822 e. The highest BCUT2D eigenvalue weighted by molar-refractivity contribution is 7.75. The van der Waals surface area contributed by atoms with Crippen LogP contribution in [-0.2, 0) is 0 Å². The molecule has 0 radical (unpaired) electrons. The molecule has 0 amide bonds. The summed E-state index contributed by atoms with van der Waals surface area (Å²) in [6, 6.07) is 33.8. The first kappa shape index (κ1) is 29.2. The number of hydrogen-bond acceptors (Lipinski definition) is 0. The standard InChI is InChI=1S/C36H48Si4/c1-11-33-34(31-23-21-27-17-13-15-19-29(27)25-31)35(32-24-22-28-18-14-16-20-30(28)26-32)36(39(9,10)12-2)40(33,37(3,4)5)38(6,7)8/h13-26H,11-12H2,1-10H3. The van der Waals surface area contributed by atoms with Crippen molar-refractivity contribution in [3.05, 3.63) is 106 Å². The molecule has 1 heterocycles. The minimum absolute atomic E-state index is 1.18. The van der Waals surface area contributed by atoms with Crippen LogP contribution in [0.15, 0.2) is 94.9 Å². The van der Waals surface area contributed by atoms with Gasteiger partial charge in [-0.3, -0.25) is 0 Å². The van der Waals surface area contributed by atoms with Crippen molar-refractivity contribution in [1.29, 1.82) is 0 Å². The van der Waals surface area contributed by atoms with Crippen LogP contribution in [-0.4, -0.2) is 30.4 Å². The summed E-state index contributed by atoms with van der Waals surface area (Å²) in [6.45, 7) is 26.9. The van der Waals surface area contributed by atoms with Gasteiger partial charge < -0.3 is 0 Å². The van der Waals surface area contributed by atoms with E-state index >= 15 is 0 Å². The molecule has 0 bridgehead atoms. The maximum atomic E-state index is 2.74. The Hall–Kier alpha value is -2.25. The summed E-state index contributed by atoms with van der Waals surface area (Å²) in [5.74, 6) is 0. The Bertz CT molecular complexity index is 1640. The summed E-state index contributed by atoms with van der Waals surface area (Å²) in [5.41, 5.74) is 6.20. The molecular formula is C36H48Si4. The second-order valence-electron chi connectivity index (χ2n) is 14.6. The molecule has 0 nitrogen and oxygen atoms in total. The quantitative estimate of drug-likeness (QED) is 0.187. The second kappa shape index (κ2) is 10.2. The van der Waals surface area contributed by atoms with Crippen molar-refractivity contribution in [2.24, 2.45) is 0 Å². The third-order valence-corrected chi connectivity index (χ3v) is 55.2. The van der Waals surface area contributed by atoms with E-state index in [0.29, 0.717) is 0 Å². The molecule has 0 aromatic heterocycles. The molecule has 0 saturated heterocycles. The fourth-order valence-corrected chi connectivity index (χ4v) is 74.7. The van der Waals surface area contributed by atoms with E-state index in [1.165, 1.54) is 45.1 Å². The average Bonchev–Trinajstić information content (AvgIpc) is 3.26. The number of hydrogen-bond donors (Lipinski definition) is 0. The van der Waals surface area contributed by atoms with Crippen LogP contribution in [0.3, 0.4) is 0 Å². The normalized spacial score (nSPS) is 16.4. The van der Waals surface area contributed by atoms with Crippen LogP contribution in [0.1, 0.15) is 31.4 Å². The molecule has 1 aliphatic rings. The highest BCUT2D eigenvalue weighted by Crippen LogP contribution is 2.58. The van der Waals surface area contributed by atoms with Crippen molar-refractivity contribution < 1.29 is 0 Å². The molecule has 5 rings (SSSR count). The number of benzene rings is 4. The van der Waals surface area contributed by atoms with Gasteiger partial charge in [0, 0.05) is 15.2 Å². The molecule has 0 spiro atoms. The number of rotatable bonds is 7. The van der Waals surface area contributed by atoms with Crippen LogP contribution in [0.25, 0.3) is 32.7 Å². The van der Waals surface area contributed by atoms with Gasteiger partial charge in [-0.05, 0) is 62.4 Å². The lowest BCUT2D eigenvalue weighted by Gasteiger charge is -2.55. The van der Waals surface area contributed by atoms with Crippen molar-refractivity contribution in [3.63, 3.8) is 0 Å². The van der Waals surface area contributed by atoms with Crippen LogP contribution in [0, 0.1) is 0 Å². The Morgan fingerprint density at radius 1 is 0.525 bits per heavy atom. The third kappa shape index (κ3) is 4.43. The maximum Gasteiger partial charge on any atom is 0.0909 e. The minimum Gasteiger partial charge on any atom is -0.0822 e. The van der Waals surface area contributed by atoms with Crippen LogP contribution in [0.5, 0.6) is 0 Å². The van der Waals surface area contributed by atoms with E-state index in [2.05, 4.69) is 151 Å². The highest BCUT2D eigenvalue weighted by atomic mass is 29.6. The first-order valence-electron chi connectivity index (χ1n) is 15.3. The van der Waals surface area contributed by atoms with Crippen LogP contribution < -0.4 is 0 Å². The Kier molecular flexibility index (Phi) is 7.48. The molecule has 208 valence electrons. The number of fused-ring (bicyclic) bond motifs is 2. The molecule has 0 unspecified atom stereocenters. The van der Waals surface area contributed by atoms with Gasteiger partial charge in [-0.2, -0.15) is 0 Å². The van der Waals surface area contributed by atoms with E-state index in [4.69, 9.17) is 0 Å². The van der Waals surface area contributed by atoms with Crippen molar-refractivity contribution in [2.75, 3.05) is 0 Å². The molecule has 0 fully saturated rings. The van der Waals surface area contributed by atoms with Gasteiger partial charge in [0.25, 0.3) is 0 Å².